The lowest BCUT2D eigenvalue weighted by molar-refractivity contribution is -0.136. The zero-order chi connectivity index (χ0) is 28.6. The number of furan rings is 1. The minimum Gasteiger partial charge on any atom is -0.490 e. The van der Waals surface area contributed by atoms with Crippen LogP contribution in [0, 0.1) is 0 Å². The van der Waals surface area contributed by atoms with Gasteiger partial charge in [-0.05, 0) is 67.9 Å². The number of aliphatic hydroxyl groups excluding tert-OH is 1. The summed E-state index contributed by atoms with van der Waals surface area (Å²) in [5.74, 6) is 1.30. The molecule has 2 amide bonds. The Labute approximate surface area is 235 Å². The fourth-order valence-electron chi connectivity index (χ4n) is 4.00. The van der Waals surface area contributed by atoms with Gasteiger partial charge in [-0.3, -0.25) is 5.43 Å². The zero-order valence-electron chi connectivity index (χ0n) is 22.1. The first-order valence-corrected chi connectivity index (χ1v) is 12.8. The second-order valence-electron chi connectivity index (χ2n) is 8.62. The molecule has 210 valence electrons. The molecule has 0 aliphatic carbocycles. The molecule has 0 radical (unpaired) electrons. The SMILES string of the molecule is CCOc1cc([C@H]2NC(=O)NC(C)=C2C(=O)OC)ccc1OC[C@H](O)N/N=C\c1ccc(-c2ccc(Cl)cc2)o1. The smallest absolute Gasteiger partial charge is 0.337 e. The van der Waals surface area contributed by atoms with Crippen LogP contribution in [0.5, 0.6) is 11.5 Å². The monoisotopic (exact) mass is 568 g/mol. The number of rotatable bonds is 11. The Hall–Kier alpha value is -4.48. The number of methoxy groups -OCH3 is 1. The number of nitrogens with zero attached hydrogens (tertiary/aromatic N) is 1. The van der Waals surface area contributed by atoms with Crippen LogP contribution in [0.3, 0.4) is 0 Å². The molecule has 1 aromatic heterocycles. The van der Waals surface area contributed by atoms with Gasteiger partial charge in [0.1, 0.15) is 18.1 Å². The standard InChI is InChI=1S/C28H29ClN4O7/c1-4-38-23-13-18(26-25(27(35)37-3)16(2)31-28(36)32-26)7-11-22(23)39-15-24(34)33-30-14-20-10-12-21(40-20)17-5-8-19(29)9-6-17/h5-14,24,26,33-34H,4,15H2,1-3H3,(H2,31,32,36)/b30-14-/t24-,26+/m0/s1. The van der Waals surface area contributed by atoms with E-state index in [4.69, 9.17) is 30.2 Å². The number of esters is 1. The molecule has 12 heteroatoms. The molecule has 0 bridgehead atoms. The highest BCUT2D eigenvalue weighted by molar-refractivity contribution is 6.30. The Kier molecular flexibility index (Phi) is 9.31. The van der Waals surface area contributed by atoms with Crippen LogP contribution in [0.1, 0.15) is 31.2 Å². The van der Waals surface area contributed by atoms with E-state index in [9.17, 15) is 14.7 Å². The molecule has 4 rings (SSSR count). The van der Waals surface area contributed by atoms with E-state index in [2.05, 4.69) is 21.2 Å². The van der Waals surface area contributed by atoms with Crippen LogP contribution in [-0.4, -0.2) is 49.9 Å². The average molecular weight is 569 g/mol. The molecule has 2 aromatic carbocycles. The van der Waals surface area contributed by atoms with Crippen LogP contribution in [0.2, 0.25) is 5.02 Å². The summed E-state index contributed by atoms with van der Waals surface area (Å²) in [5.41, 5.74) is 4.70. The van der Waals surface area contributed by atoms with Crippen molar-refractivity contribution in [3.05, 3.63) is 82.2 Å². The first kappa shape index (κ1) is 28.5. The molecule has 0 saturated heterocycles. The Morgan fingerprint density at radius 2 is 1.95 bits per heavy atom. The van der Waals surface area contributed by atoms with E-state index in [1.807, 2.05) is 25.1 Å². The number of aliphatic hydroxyl groups is 1. The maximum atomic E-state index is 12.4. The van der Waals surface area contributed by atoms with E-state index in [1.165, 1.54) is 13.3 Å². The summed E-state index contributed by atoms with van der Waals surface area (Å²) in [5, 5.41) is 20.3. The molecule has 3 aromatic rings. The van der Waals surface area contributed by atoms with Gasteiger partial charge in [0.05, 0.1) is 31.5 Å². The van der Waals surface area contributed by atoms with Crippen molar-refractivity contribution >= 4 is 29.8 Å². The number of ether oxygens (including phenoxy) is 3. The highest BCUT2D eigenvalue weighted by Gasteiger charge is 2.32. The van der Waals surface area contributed by atoms with Gasteiger partial charge in [-0.15, -0.1) is 0 Å². The number of hydrazone groups is 1. The van der Waals surface area contributed by atoms with Crippen LogP contribution < -0.4 is 25.5 Å². The second-order valence-corrected chi connectivity index (χ2v) is 9.06. The number of urea groups is 1. The van der Waals surface area contributed by atoms with Crippen LogP contribution in [0.15, 0.2) is 75.4 Å². The van der Waals surface area contributed by atoms with Gasteiger partial charge < -0.3 is 34.4 Å². The largest absolute Gasteiger partial charge is 0.490 e. The molecule has 0 fully saturated rings. The summed E-state index contributed by atoms with van der Waals surface area (Å²) in [6, 6.07) is 14.6. The van der Waals surface area contributed by atoms with Crippen molar-refractivity contribution in [1.82, 2.24) is 16.1 Å². The molecule has 1 aliphatic rings. The van der Waals surface area contributed by atoms with Gasteiger partial charge in [0.15, 0.2) is 17.7 Å². The Balaban J connectivity index is 1.39. The minimum absolute atomic E-state index is 0.151. The Morgan fingerprint density at radius 1 is 1.18 bits per heavy atom. The third-order valence-corrected chi connectivity index (χ3v) is 6.09. The van der Waals surface area contributed by atoms with Crippen LogP contribution in [0.25, 0.3) is 11.3 Å². The summed E-state index contributed by atoms with van der Waals surface area (Å²) in [6.45, 7) is 3.62. The predicted molar refractivity (Wildman–Crippen MR) is 148 cm³/mol. The summed E-state index contributed by atoms with van der Waals surface area (Å²) >= 11 is 5.93. The van der Waals surface area contributed by atoms with Crippen LogP contribution in [-0.2, 0) is 9.53 Å². The van der Waals surface area contributed by atoms with E-state index in [0.29, 0.717) is 45.9 Å². The van der Waals surface area contributed by atoms with Gasteiger partial charge >= 0.3 is 12.0 Å². The van der Waals surface area contributed by atoms with Gasteiger partial charge in [0.2, 0.25) is 0 Å². The third-order valence-electron chi connectivity index (χ3n) is 5.84. The fourth-order valence-corrected chi connectivity index (χ4v) is 4.13. The van der Waals surface area contributed by atoms with Crippen molar-refractivity contribution in [2.45, 2.75) is 26.1 Å². The van der Waals surface area contributed by atoms with Gasteiger partial charge in [0, 0.05) is 16.3 Å². The van der Waals surface area contributed by atoms with Crippen molar-refractivity contribution in [3.63, 3.8) is 0 Å². The molecule has 0 saturated carbocycles. The first-order chi connectivity index (χ1) is 19.3. The maximum absolute atomic E-state index is 12.4. The maximum Gasteiger partial charge on any atom is 0.337 e. The van der Waals surface area contributed by atoms with E-state index in [0.717, 1.165) is 5.56 Å². The van der Waals surface area contributed by atoms with Crippen LogP contribution in [0.4, 0.5) is 4.79 Å². The number of benzene rings is 2. The number of carbonyl (C=O) groups is 2. The molecule has 40 heavy (non-hydrogen) atoms. The second kappa shape index (κ2) is 13.0. The number of halogens is 1. The number of amides is 2. The summed E-state index contributed by atoms with van der Waals surface area (Å²) in [6.07, 6.45) is 0.293. The lowest BCUT2D eigenvalue weighted by Gasteiger charge is -2.28. The lowest BCUT2D eigenvalue weighted by atomic mass is 9.95. The van der Waals surface area contributed by atoms with Crippen molar-refractivity contribution in [3.8, 4) is 22.8 Å². The van der Waals surface area contributed by atoms with E-state index in [1.54, 1.807) is 43.3 Å². The molecule has 0 unspecified atom stereocenters. The lowest BCUT2D eigenvalue weighted by Crippen LogP contribution is -2.45. The topological polar surface area (TPSA) is 144 Å². The number of hydrogen-bond donors (Lipinski definition) is 4. The zero-order valence-corrected chi connectivity index (χ0v) is 22.8. The normalized spacial score (nSPS) is 15.8. The highest BCUT2D eigenvalue weighted by Crippen LogP contribution is 2.35. The minimum atomic E-state index is -1.14. The molecule has 1 aliphatic heterocycles. The first-order valence-electron chi connectivity index (χ1n) is 12.4. The Morgan fingerprint density at radius 3 is 2.67 bits per heavy atom. The quantitative estimate of drug-likeness (QED) is 0.117. The summed E-state index contributed by atoms with van der Waals surface area (Å²) in [4.78, 5) is 24.5. The predicted octanol–water partition coefficient (Wildman–Crippen LogP) is 4.12. The fraction of sp³-hybridized carbons (Fsp3) is 0.250. The van der Waals surface area contributed by atoms with Gasteiger partial charge in [0.25, 0.3) is 0 Å². The number of nitrogens with one attached hydrogen (secondary N) is 3. The number of allylic oxidation sites excluding steroid dienone is 1. The highest BCUT2D eigenvalue weighted by atomic mass is 35.5. The molecule has 2 heterocycles. The van der Waals surface area contributed by atoms with Crippen molar-refractivity contribution < 1.29 is 33.3 Å². The molecule has 11 nitrogen and oxygen atoms in total. The molecular formula is C28H29ClN4O7. The average Bonchev–Trinajstić information content (AvgIpc) is 3.41. The number of carbonyl (C=O) groups excluding carboxylic acids is 2. The van der Waals surface area contributed by atoms with Gasteiger partial charge in [-0.25, -0.2) is 9.59 Å². The van der Waals surface area contributed by atoms with Crippen molar-refractivity contribution in [2.24, 2.45) is 5.10 Å². The molecule has 4 N–H and O–H groups in total. The van der Waals surface area contributed by atoms with E-state index < -0.39 is 24.3 Å². The molecule has 2 atom stereocenters. The molecule has 0 spiro atoms. The summed E-state index contributed by atoms with van der Waals surface area (Å²) < 4.78 is 22.1. The van der Waals surface area contributed by atoms with Gasteiger partial charge in [-0.1, -0.05) is 17.7 Å². The van der Waals surface area contributed by atoms with Crippen molar-refractivity contribution in [1.29, 1.82) is 0 Å². The van der Waals surface area contributed by atoms with E-state index in [-0.39, 0.29) is 12.2 Å². The van der Waals surface area contributed by atoms with E-state index >= 15 is 0 Å². The van der Waals surface area contributed by atoms with Crippen LogP contribution >= 0.6 is 11.6 Å². The van der Waals surface area contributed by atoms with Crippen molar-refractivity contribution in [2.75, 3.05) is 20.3 Å². The Bertz CT molecular complexity index is 1420. The van der Waals surface area contributed by atoms with Gasteiger partial charge in [-0.2, -0.15) is 5.10 Å². The third kappa shape index (κ3) is 6.93. The summed E-state index contributed by atoms with van der Waals surface area (Å²) in [7, 11) is 1.27. The number of hydrogen-bond acceptors (Lipinski definition) is 9. The molecular weight excluding hydrogens is 540 g/mol.